The second kappa shape index (κ2) is 6.03. The molecule has 0 aliphatic carbocycles. The van der Waals surface area contributed by atoms with E-state index in [2.05, 4.69) is 20.7 Å². The van der Waals surface area contributed by atoms with Crippen LogP contribution in [0.25, 0.3) is 0 Å². The van der Waals surface area contributed by atoms with E-state index in [1.807, 2.05) is 6.26 Å². The van der Waals surface area contributed by atoms with E-state index in [1.54, 1.807) is 18.4 Å². The summed E-state index contributed by atoms with van der Waals surface area (Å²) in [6.07, 6.45) is 1.86. The standard InChI is InChI=1S/C9H14BrNO3S3/c1-9(12,6-15-2)5-11-17(13,14)8-7(10)3-4-16-8/h3-4,11-12H,5-6H2,1-2H3. The zero-order chi connectivity index (χ0) is 13.1. The molecule has 98 valence electrons. The predicted molar refractivity (Wildman–Crippen MR) is 76.2 cm³/mol. The molecule has 0 aromatic carbocycles. The van der Waals surface area contributed by atoms with Crippen molar-refractivity contribution in [2.75, 3.05) is 18.6 Å². The molecule has 8 heteroatoms. The largest absolute Gasteiger partial charge is 0.388 e. The average molecular weight is 360 g/mol. The zero-order valence-electron chi connectivity index (χ0n) is 9.44. The molecule has 4 nitrogen and oxygen atoms in total. The molecule has 1 aromatic heterocycles. The normalized spacial score (nSPS) is 15.8. The number of sulfonamides is 1. The van der Waals surface area contributed by atoms with Gasteiger partial charge in [0, 0.05) is 16.8 Å². The summed E-state index contributed by atoms with van der Waals surface area (Å²) >= 11 is 5.78. The summed E-state index contributed by atoms with van der Waals surface area (Å²) < 4.78 is 27.0. The van der Waals surface area contributed by atoms with Crippen molar-refractivity contribution >= 4 is 49.1 Å². The van der Waals surface area contributed by atoms with E-state index < -0.39 is 15.6 Å². The summed E-state index contributed by atoms with van der Waals surface area (Å²) in [6, 6.07) is 1.68. The maximum Gasteiger partial charge on any atom is 0.251 e. The van der Waals surface area contributed by atoms with Crippen LogP contribution in [0.1, 0.15) is 6.92 Å². The Bertz CT molecular complexity index is 470. The first-order valence-corrected chi connectivity index (χ1v) is 9.27. The van der Waals surface area contributed by atoms with Crippen LogP contribution in [-0.2, 0) is 10.0 Å². The first-order valence-electron chi connectivity index (χ1n) is 4.72. The van der Waals surface area contributed by atoms with E-state index >= 15 is 0 Å². The molecular weight excluding hydrogens is 346 g/mol. The van der Waals surface area contributed by atoms with E-state index in [-0.39, 0.29) is 10.8 Å². The zero-order valence-corrected chi connectivity index (χ0v) is 13.5. The molecule has 0 aliphatic heterocycles. The molecule has 1 atom stereocenters. The van der Waals surface area contributed by atoms with Gasteiger partial charge in [0.1, 0.15) is 4.21 Å². The van der Waals surface area contributed by atoms with Gasteiger partial charge in [0.15, 0.2) is 0 Å². The van der Waals surface area contributed by atoms with Gasteiger partial charge in [-0.3, -0.25) is 0 Å². The number of hydrogen-bond acceptors (Lipinski definition) is 5. The summed E-state index contributed by atoms with van der Waals surface area (Å²) in [5.41, 5.74) is -1.05. The molecule has 0 fully saturated rings. The first kappa shape index (κ1) is 15.5. The van der Waals surface area contributed by atoms with Gasteiger partial charge in [-0.2, -0.15) is 11.8 Å². The number of hydrogen-bond donors (Lipinski definition) is 2. The molecule has 1 heterocycles. The first-order chi connectivity index (χ1) is 7.78. The number of thiophene rings is 1. The molecular formula is C9H14BrNO3S3. The van der Waals surface area contributed by atoms with Crippen molar-refractivity contribution in [3.8, 4) is 0 Å². The van der Waals surface area contributed by atoms with E-state index in [1.165, 1.54) is 11.8 Å². The lowest BCUT2D eigenvalue weighted by atomic mass is 10.1. The van der Waals surface area contributed by atoms with Gasteiger partial charge in [-0.05, 0) is 40.6 Å². The lowest BCUT2D eigenvalue weighted by molar-refractivity contribution is 0.0909. The Hall–Kier alpha value is 0.400. The Balaban J connectivity index is 2.73. The van der Waals surface area contributed by atoms with Crippen LogP contribution >= 0.6 is 39.0 Å². The number of halogens is 1. The lowest BCUT2D eigenvalue weighted by Gasteiger charge is -2.22. The fourth-order valence-electron chi connectivity index (χ4n) is 1.15. The summed E-state index contributed by atoms with van der Waals surface area (Å²) in [4.78, 5) is 0. The van der Waals surface area contributed by atoms with Crippen molar-refractivity contribution in [3.63, 3.8) is 0 Å². The van der Waals surface area contributed by atoms with Crippen molar-refractivity contribution < 1.29 is 13.5 Å². The summed E-state index contributed by atoms with van der Waals surface area (Å²) in [7, 11) is -3.55. The van der Waals surface area contributed by atoms with E-state index in [0.717, 1.165) is 11.3 Å². The van der Waals surface area contributed by atoms with Crippen LogP contribution in [0.4, 0.5) is 0 Å². The SMILES string of the molecule is CSCC(C)(O)CNS(=O)(=O)c1sccc1Br. The smallest absolute Gasteiger partial charge is 0.251 e. The van der Waals surface area contributed by atoms with Crippen molar-refractivity contribution in [3.05, 3.63) is 15.9 Å². The Morgan fingerprint density at radius 2 is 2.29 bits per heavy atom. The molecule has 0 saturated carbocycles. The third kappa shape index (κ3) is 4.53. The highest BCUT2D eigenvalue weighted by Crippen LogP contribution is 2.27. The van der Waals surface area contributed by atoms with Crippen molar-refractivity contribution in [2.24, 2.45) is 0 Å². The minimum atomic E-state index is -3.55. The fraction of sp³-hybridized carbons (Fsp3) is 0.556. The molecule has 0 bridgehead atoms. The van der Waals surface area contributed by atoms with Gasteiger partial charge < -0.3 is 5.11 Å². The Morgan fingerprint density at radius 1 is 1.65 bits per heavy atom. The van der Waals surface area contributed by atoms with E-state index in [0.29, 0.717) is 10.2 Å². The lowest BCUT2D eigenvalue weighted by Crippen LogP contribution is -2.42. The van der Waals surface area contributed by atoms with E-state index in [4.69, 9.17) is 0 Å². The number of aliphatic hydroxyl groups is 1. The van der Waals surface area contributed by atoms with Gasteiger partial charge in [0.25, 0.3) is 10.0 Å². The minimum absolute atomic E-state index is 0.000509. The fourth-order valence-corrected chi connectivity index (χ4v) is 5.42. The molecule has 0 spiro atoms. The summed E-state index contributed by atoms with van der Waals surface area (Å²) in [5.74, 6) is 0.473. The van der Waals surface area contributed by atoms with Gasteiger partial charge in [-0.25, -0.2) is 13.1 Å². The van der Waals surface area contributed by atoms with Crippen molar-refractivity contribution in [1.82, 2.24) is 4.72 Å². The van der Waals surface area contributed by atoms with Crippen LogP contribution in [0.5, 0.6) is 0 Å². The summed E-state index contributed by atoms with van der Waals surface area (Å²) in [5, 5.41) is 11.6. The van der Waals surface area contributed by atoms with Gasteiger partial charge >= 0.3 is 0 Å². The molecule has 0 aliphatic rings. The van der Waals surface area contributed by atoms with Crippen LogP contribution in [0, 0.1) is 0 Å². The highest BCUT2D eigenvalue weighted by molar-refractivity contribution is 9.10. The highest BCUT2D eigenvalue weighted by atomic mass is 79.9. The van der Waals surface area contributed by atoms with Gasteiger partial charge in [0.2, 0.25) is 0 Å². The van der Waals surface area contributed by atoms with Gasteiger partial charge in [-0.15, -0.1) is 11.3 Å². The third-order valence-electron chi connectivity index (χ3n) is 1.93. The van der Waals surface area contributed by atoms with Crippen LogP contribution in [0.15, 0.2) is 20.1 Å². The molecule has 1 aromatic rings. The molecule has 0 amide bonds. The van der Waals surface area contributed by atoms with Crippen LogP contribution in [0.2, 0.25) is 0 Å². The van der Waals surface area contributed by atoms with E-state index in [9.17, 15) is 13.5 Å². The Kier molecular flexibility index (Phi) is 5.48. The second-order valence-corrected chi connectivity index (χ2v) is 8.41. The Labute approximate surface area is 118 Å². The van der Waals surface area contributed by atoms with Crippen molar-refractivity contribution in [2.45, 2.75) is 16.7 Å². The van der Waals surface area contributed by atoms with Crippen LogP contribution in [0.3, 0.4) is 0 Å². The Morgan fingerprint density at radius 3 is 2.76 bits per heavy atom. The monoisotopic (exact) mass is 359 g/mol. The maximum absolute atomic E-state index is 11.9. The van der Waals surface area contributed by atoms with Gasteiger partial charge in [-0.1, -0.05) is 0 Å². The number of thioether (sulfide) groups is 1. The van der Waals surface area contributed by atoms with Gasteiger partial charge in [0.05, 0.1) is 5.60 Å². The third-order valence-corrected chi connectivity index (χ3v) is 6.91. The van der Waals surface area contributed by atoms with Crippen LogP contribution < -0.4 is 4.72 Å². The number of rotatable bonds is 6. The van der Waals surface area contributed by atoms with Crippen LogP contribution in [-0.4, -0.2) is 37.7 Å². The average Bonchev–Trinajstić information content (AvgIpc) is 2.63. The summed E-state index contributed by atoms with van der Waals surface area (Å²) in [6.45, 7) is 1.61. The molecule has 1 unspecified atom stereocenters. The quantitative estimate of drug-likeness (QED) is 0.813. The molecule has 0 radical (unpaired) electrons. The molecule has 2 N–H and O–H groups in total. The van der Waals surface area contributed by atoms with Crippen molar-refractivity contribution in [1.29, 1.82) is 0 Å². The maximum atomic E-state index is 11.9. The topological polar surface area (TPSA) is 66.4 Å². The number of nitrogens with one attached hydrogen (secondary N) is 1. The highest BCUT2D eigenvalue weighted by Gasteiger charge is 2.25. The minimum Gasteiger partial charge on any atom is -0.388 e. The second-order valence-electron chi connectivity index (χ2n) is 3.81. The molecule has 1 rings (SSSR count). The predicted octanol–water partition coefficient (Wildman–Crippen LogP) is 1.90. The molecule has 17 heavy (non-hydrogen) atoms. The molecule has 0 saturated heterocycles.